The average Bonchev–Trinajstić information content (AvgIpc) is 2.68. The van der Waals surface area contributed by atoms with Crippen LogP contribution in [-0.2, 0) is 4.74 Å². The summed E-state index contributed by atoms with van der Waals surface area (Å²) in [6.45, 7) is 2.38. The molecule has 0 radical (unpaired) electrons. The molecule has 3 aromatic rings. The van der Waals surface area contributed by atoms with Crippen molar-refractivity contribution in [1.82, 2.24) is 9.97 Å². The predicted octanol–water partition coefficient (Wildman–Crippen LogP) is 3.56. The highest BCUT2D eigenvalue weighted by Crippen LogP contribution is 2.36. The van der Waals surface area contributed by atoms with E-state index in [-0.39, 0.29) is 11.4 Å². The third-order valence-electron chi connectivity index (χ3n) is 4.09. The summed E-state index contributed by atoms with van der Waals surface area (Å²) in [6, 6.07) is 5.94. The second-order valence-corrected chi connectivity index (χ2v) is 5.78. The van der Waals surface area contributed by atoms with Gasteiger partial charge >= 0.3 is 0 Å². The molecule has 142 valence electrons. The fourth-order valence-corrected chi connectivity index (χ4v) is 2.61. The number of halogens is 1. The molecule has 0 saturated heterocycles. The molecule has 0 saturated carbocycles. The Morgan fingerprint density at radius 2 is 1.93 bits per heavy atom. The van der Waals surface area contributed by atoms with Gasteiger partial charge in [-0.25, -0.2) is 14.4 Å². The van der Waals surface area contributed by atoms with Gasteiger partial charge in [0.15, 0.2) is 11.5 Å². The molecule has 0 aliphatic rings. The second kappa shape index (κ2) is 8.05. The van der Waals surface area contributed by atoms with Crippen LogP contribution in [0, 0.1) is 12.7 Å². The number of phenolic OH excluding ortho intramolecular Hbond substituents is 1. The lowest BCUT2D eigenvalue weighted by molar-refractivity contribution is 0.144. The second-order valence-electron chi connectivity index (χ2n) is 5.78. The van der Waals surface area contributed by atoms with E-state index in [0.29, 0.717) is 47.0 Å². The highest BCUT2D eigenvalue weighted by atomic mass is 19.1. The quantitative estimate of drug-likeness (QED) is 0.613. The van der Waals surface area contributed by atoms with Crippen molar-refractivity contribution in [2.75, 3.05) is 32.8 Å². The van der Waals surface area contributed by atoms with E-state index in [2.05, 4.69) is 15.3 Å². The molecule has 0 bridgehead atoms. The summed E-state index contributed by atoms with van der Waals surface area (Å²) in [5.41, 5.74) is 1.13. The summed E-state index contributed by atoms with van der Waals surface area (Å²) in [5, 5.41) is 13.4. The Kier molecular flexibility index (Phi) is 5.56. The molecule has 2 N–H and O–H groups in total. The lowest BCUT2D eigenvalue weighted by Crippen LogP contribution is -2.06. The number of aromatic nitrogens is 2. The molecule has 8 heteroatoms. The standard InChI is InChI=1S/C19H20FN3O4/c1-11-15(24)5-4-13(20)18(11)23-19-12-8-17(27-7-6-25-2)16(26-3)9-14(12)21-10-22-19/h4-5,8-10,24H,6-7H2,1-3H3,(H,21,22,23). The van der Waals surface area contributed by atoms with Gasteiger partial charge in [0.05, 0.1) is 24.9 Å². The Morgan fingerprint density at radius 1 is 1.11 bits per heavy atom. The molecular weight excluding hydrogens is 353 g/mol. The molecule has 2 aromatic carbocycles. The van der Waals surface area contributed by atoms with E-state index in [0.717, 1.165) is 0 Å². The Morgan fingerprint density at radius 3 is 2.67 bits per heavy atom. The molecule has 7 nitrogen and oxygen atoms in total. The van der Waals surface area contributed by atoms with E-state index in [1.807, 2.05) is 0 Å². The van der Waals surface area contributed by atoms with Gasteiger partial charge in [0.25, 0.3) is 0 Å². The average molecular weight is 373 g/mol. The number of methoxy groups -OCH3 is 2. The summed E-state index contributed by atoms with van der Waals surface area (Å²) in [5.74, 6) is 0.882. The first-order valence-corrected chi connectivity index (χ1v) is 8.24. The molecule has 0 spiro atoms. The number of nitrogens with one attached hydrogen (secondary N) is 1. The Hall–Kier alpha value is -3.13. The number of hydrogen-bond donors (Lipinski definition) is 2. The van der Waals surface area contributed by atoms with Gasteiger partial charge in [0, 0.05) is 24.1 Å². The van der Waals surface area contributed by atoms with Crippen molar-refractivity contribution >= 4 is 22.4 Å². The van der Waals surface area contributed by atoms with Crippen molar-refractivity contribution in [1.29, 1.82) is 0 Å². The number of ether oxygens (including phenoxy) is 3. The van der Waals surface area contributed by atoms with Gasteiger partial charge in [0.2, 0.25) is 0 Å². The summed E-state index contributed by atoms with van der Waals surface area (Å²) in [6.07, 6.45) is 1.37. The van der Waals surface area contributed by atoms with Gasteiger partial charge in [-0.3, -0.25) is 0 Å². The normalized spacial score (nSPS) is 10.8. The first-order chi connectivity index (χ1) is 13.0. The fraction of sp³-hybridized carbons (Fsp3) is 0.263. The molecule has 0 aliphatic carbocycles. The van der Waals surface area contributed by atoms with Crippen LogP contribution >= 0.6 is 0 Å². The molecule has 0 unspecified atom stereocenters. The molecule has 27 heavy (non-hydrogen) atoms. The van der Waals surface area contributed by atoms with Crippen molar-refractivity contribution in [2.45, 2.75) is 6.92 Å². The van der Waals surface area contributed by atoms with Crippen LogP contribution in [0.5, 0.6) is 17.2 Å². The number of phenols is 1. The van der Waals surface area contributed by atoms with E-state index in [9.17, 15) is 9.50 Å². The topological polar surface area (TPSA) is 85.7 Å². The van der Waals surface area contributed by atoms with Gasteiger partial charge < -0.3 is 24.6 Å². The van der Waals surface area contributed by atoms with Crippen molar-refractivity contribution < 1.29 is 23.7 Å². The SMILES string of the molecule is COCCOc1cc2c(Nc3c(F)ccc(O)c3C)ncnc2cc1OC. The van der Waals surface area contributed by atoms with Crippen LogP contribution in [0.3, 0.4) is 0 Å². The third kappa shape index (κ3) is 3.85. The summed E-state index contributed by atoms with van der Waals surface area (Å²) < 4.78 is 30.3. The van der Waals surface area contributed by atoms with Crippen LogP contribution in [0.2, 0.25) is 0 Å². The van der Waals surface area contributed by atoms with E-state index in [4.69, 9.17) is 14.2 Å². The number of rotatable bonds is 7. The molecule has 0 fully saturated rings. The highest BCUT2D eigenvalue weighted by Gasteiger charge is 2.15. The first kappa shape index (κ1) is 18.7. The van der Waals surface area contributed by atoms with Crippen LogP contribution in [0.4, 0.5) is 15.9 Å². The van der Waals surface area contributed by atoms with E-state index >= 15 is 0 Å². The maximum atomic E-state index is 14.2. The first-order valence-electron chi connectivity index (χ1n) is 8.24. The largest absolute Gasteiger partial charge is 0.508 e. The molecule has 1 heterocycles. The monoisotopic (exact) mass is 373 g/mol. The minimum atomic E-state index is -0.498. The molecule has 3 rings (SSSR count). The number of fused-ring (bicyclic) bond motifs is 1. The number of anilines is 2. The van der Waals surface area contributed by atoms with E-state index in [1.54, 1.807) is 26.2 Å². The van der Waals surface area contributed by atoms with Gasteiger partial charge in [0.1, 0.15) is 30.3 Å². The van der Waals surface area contributed by atoms with Crippen LogP contribution < -0.4 is 14.8 Å². The van der Waals surface area contributed by atoms with Crippen molar-refractivity contribution in [2.24, 2.45) is 0 Å². The highest BCUT2D eigenvalue weighted by molar-refractivity contribution is 5.93. The Balaban J connectivity index is 2.06. The summed E-state index contributed by atoms with van der Waals surface area (Å²) >= 11 is 0. The molecular formula is C19H20FN3O4. The molecule has 0 aliphatic heterocycles. The van der Waals surface area contributed by atoms with Crippen LogP contribution in [0.25, 0.3) is 10.9 Å². The van der Waals surface area contributed by atoms with Crippen molar-refractivity contribution in [3.63, 3.8) is 0 Å². The zero-order valence-corrected chi connectivity index (χ0v) is 15.2. The van der Waals surface area contributed by atoms with Gasteiger partial charge in [-0.1, -0.05) is 0 Å². The summed E-state index contributed by atoms with van der Waals surface area (Å²) in [7, 11) is 3.12. The summed E-state index contributed by atoms with van der Waals surface area (Å²) in [4.78, 5) is 8.45. The fourth-order valence-electron chi connectivity index (χ4n) is 2.61. The zero-order valence-electron chi connectivity index (χ0n) is 15.2. The smallest absolute Gasteiger partial charge is 0.162 e. The van der Waals surface area contributed by atoms with Crippen molar-refractivity contribution in [3.8, 4) is 17.2 Å². The van der Waals surface area contributed by atoms with Gasteiger partial charge in [-0.2, -0.15) is 0 Å². The van der Waals surface area contributed by atoms with Crippen molar-refractivity contribution in [3.05, 3.63) is 42.0 Å². The lowest BCUT2D eigenvalue weighted by atomic mass is 10.1. The minimum Gasteiger partial charge on any atom is -0.508 e. The maximum Gasteiger partial charge on any atom is 0.162 e. The Labute approximate surface area is 155 Å². The van der Waals surface area contributed by atoms with Crippen LogP contribution in [0.1, 0.15) is 5.56 Å². The molecule has 0 amide bonds. The van der Waals surface area contributed by atoms with Gasteiger partial charge in [-0.15, -0.1) is 0 Å². The van der Waals surface area contributed by atoms with Gasteiger partial charge in [-0.05, 0) is 25.1 Å². The number of benzene rings is 2. The lowest BCUT2D eigenvalue weighted by Gasteiger charge is -2.15. The van der Waals surface area contributed by atoms with E-state index < -0.39 is 5.82 Å². The number of hydrogen-bond acceptors (Lipinski definition) is 7. The number of aromatic hydroxyl groups is 1. The Bertz CT molecular complexity index is 965. The molecule has 0 atom stereocenters. The number of nitrogens with zero attached hydrogens (tertiary/aromatic N) is 2. The third-order valence-corrected chi connectivity index (χ3v) is 4.09. The van der Waals surface area contributed by atoms with E-state index in [1.165, 1.54) is 25.6 Å². The zero-order chi connectivity index (χ0) is 19.4. The predicted molar refractivity (Wildman–Crippen MR) is 99.5 cm³/mol. The van der Waals surface area contributed by atoms with Crippen LogP contribution in [-0.4, -0.2) is 42.5 Å². The van der Waals surface area contributed by atoms with Crippen LogP contribution in [0.15, 0.2) is 30.6 Å². The molecule has 1 aromatic heterocycles. The maximum absolute atomic E-state index is 14.2. The minimum absolute atomic E-state index is 0.0116.